The molecule has 0 bridgehead atoms. The van der Waals surface area contributed by atoms with Crippen LogP contribution in [0.4, 0.5) is 5.69 Å². The molecule has 122 valence electrons. The van der Waals surface area contributed by atoms with Gasteiger partial charge in [-0.1, -0.05) is 17.7 Å². The first-order valence-corrected chi connectivity index (χ1v) is 7.90. The van der Waals surface area contributed by atoms with Crippen LogP contribution in [-0.2, 0) is 4.79 Å². The Morgan fingerprint density at radius 1 is 1.32 bits per heavy atom. The van der Waals surface area contributed by atoms with Crippen molar-refractivity contribution in [1.82, 2.24) is 10.2 Å². The molecule has 4 nitrogen and oxygen atoms in total. The molecule has 6 heteroatoms. The molecule has 1 aromatic carbocycles. The Morgan fingerprint density at radius 3 is 2.55 bits per heavy atom. The van der Waals surface area contributed by atoms with E-state index in [0.29, 0.717) is 23.4 Å². The Balaban J connectivity index is 0.00000176. The molecule has 2 heterocycles. The lowest BCUT2D eigenvalue weighted by Gasteiger charge is -2.17. The molecular formula is C16H23Cl2N3O. The second-order valence-corrected chi connectivity index (χ2v) is 6.77. The molecule has 22 heavy (non-hydrogen) atoms. The number of fused-ring (bicyclic) bond motifs is 1. The molecule has 2 aliphatic heterocycles. The number of rotatable bonds is 3. The van der Waals surface area contributed by atoms with Crippen LogP contribution in [0.25, 0.3) is 0 Å². The van der Waals surface area contributed by atoms with Gasteiger partial charge in [0, 0.05) is 13.1 Å². The second kappa shape index (κ2) is 7.18. The van der Waals surface area contributed by atoms with Crippen molar-refractivity contribution in [2.45, 2.75) is 13.8 Å². The zero-order chi connectivity index (χ0) is 15.0. The van der Waals surface area contributed by atoms with Gasteiger partial charge in [0.15, 0.2) is 0 Å². The van der Waals surface area contributed by atoms with Gasteiger partial charge in [0.25, 0.3) is 0 Å². The summed E-state index contributed by atoms with van der Waals surface area (Å²) < 4.78 is 0. The number of hydrogen-bond acceptors (Lipinski definition) is 3. The van der Waals surface area contributed by atoms with Gasteiger partial charge >= 0.3 is 0 Å². The van der Waals surface area contributed by atoms with E-state index >= 15 is 0 Å². The van der Waals surface area contributed by atoms with E-state index in [1.54, 1.807) is 0 Å². The number of benzene rings is 1. The Kier molecular flexibility index (Phi) is 5.72. The first kappa shape index (κ1) is 17.5. The van der Waals surface area contributed by atoms with Crippen molar-refractivity contribution in [1.29, 1.82) is 0 Å². The average Bonchev–Trinajstić information content (AvgIpc) is 2.94. The Hall–Kier alpha value is -0.810. The SMILES string of the molecule is Cc1cc(C)c(NC(=O)CN2C[C@H]3CNC[C@H]3C2)c(Cl)c1.Cl. The van der Waals surface area contributed by atoms with E-state index in [1.165, 1.54) is 0 Å². The predicted molar refractivity (Wildman–Crippen MR) is 93.1 cm³/mol. The summed E-state index contributed by atoms with van der Waals surface area (Å²) in [6, 6.07) is 3.92. The summed E-state index contributed by atoms with van der Waals surface area (Å²) in [5, 5.41) is 7.00. The van der Waals surface area contributed by atoms with Gasteiger partial charge in [0.05, 0.1) is 17.3 Å². The minimum absolute atomic E-state index is 0. The molecule has 0 saturated carbocycles. The Labute approximate surface area is 143 Å². The largest absolute Gasteiger partial charge is 0.323 e. The highest BCUT2D eigenvalue weighted by Crippen LogP contribution is 2.28. The van der Waals surface area contributed by atoms with Gasteiger partial charge in [-0.05, 0) is 56.0 Å². The number of nitrogens with zero attached hydrogens (tertiary/aromatic N) is 1. The number of halogens is 2. The van der Waals surface area contributed by atoms with Crippen LogP contribution in [0.3, 0.4) is 0 Å². The maximum absolute atomic E-state index is 12.3. The first-order valence-electron chi connectivity index (χ1n) is 7.52. The van der Waals surface area contributed by atoms with Crippen molar-refractivity contribution in [3.8, 4) is 0 Å². The molecule has 2 aliphatic rings. The number of likely N-dealkylation sites (tertiary alicyclic amines) is 1. The number of carbonyl (C=O) groups excluding carboxylic acids is 1. The zero-order valence-electron chi connectivity index (χ0n) is 13.0. The lowest BCUT2D eigenvalue weighted by molar-refractivity contribution is -0.117. The van der Waals surface area contributed by atoms with Crippen molar-refractivity contribution in [2.24, 2.45) is 11.8 Å². The second-order valence-electron chi connectivity index (χ2n) is 6.36. The lowest BCUT2D eigenvalue weighted by Crippen LogP contribution is -2.34. The van der Waals surface area contributed by atoms with Crippen LogP contribution in [0, 0.1) is 25.7 Å². The van der Waals surface area contributed by atoms with Crippen molar-refractivity contribution in [3.05, 3.63) is 28.3 Å². The molecule has 1 amide bonds. The summed E-state index contributed by atoms with van der Waals surface area (Å²) in [6.07, 6.45) is 0. The number of carbonyl (C=O) groups is 1. The normalized spacial score (nSPS) is 24.0. The molecule has 2 N–H and O–H groups in total. The number of hydrogen-bond donors (Lipinski definition) is 2. The smallest absolute Gasteiger partial charge is 0.238 e. The van der Waals surface area contributed by atoms with E-state index in [4.69, 9.17) is 11.6 Å². The van der Waals surface area contributed by atoms with Gasteiger partial charge in [-0.25, -0.2) is 0 Å². The molecular weight excluding hydrogens is 321 g/mol. The highest BCUT2D eigenvalue weighted by molar-refractivity contribution is 6.34. The monoisotopic (exact) mass is 343 g/mol. The van der Waals surface area contributed by atoms with Crippen molar-refractivity contribution < 1.29 is 4.79 Å². The van der Waals surface area contributed by atoms with Crippen molar-refractivity contribution >= 4 is 35.6 Å². The average molecular weight is 344 g/mol. The van der Waals surface area contributed by atoms with Crippen LogP contribution in [-0.4, -0.2) is 43.5 Å². The summed E-state index contributed by atoms with van der Waals surface area (Å²) in [5.41, 5.74) is 2.86. The molecule has 2 fully saturated rings. The van der Waals surface area contributed by atoms with Crippen LogP contribution in [0.2, 0.25) is 5.02 Å². The van der Waals surface area contributed by atoms with Crippen LogP contribution in [0.15, 0.2) is 12.1 Å². The highest BCUT2D eigenvalue weighted by Gasteiger charge is 2.36. The Bertz CT molecular complexity index is 529. The van der Waals surface area contributed by atoms with Gasteiger partial charge < -0.3 is 10.6 Å². The molecule has 0 spiro atoms. The Morgan fingerprint density at radius 2 is 1.95 bits per heavy atom. The van der Waals surface area contributed by atoms with Crippen LogP contribution >= 0.6 is 24.0 Å². The summed E-state index contributed by atoms with van der Waals surface area (Å²) in [7, 11) is 0. The quantitative estimate of drug-likeness (QED) is 0.885. The first-order chi connectivity index (χ1) is 10.0. The number of anilines is 1. The molecule has 0 radical (unpaired) electrons. The van der Waals surface area contributed by atoms with Gasteiger partial charge in [0.1, 0.15) is 0 Å². The predicted octanol–water partition coefficient (Wildman–Crippen LogP) is 2.47. The number of aryl methyl sites for hydroxylation is 2. The maximum Gasteiger partial charge on any atom is 0.238 e. The van der Waals surface area contributed by atoms with Gasteiger partial charge in [-0.2, -0.15) is 0 Å². The third-order valence-electron chi connectivity index (χ3n) is 4.53. The fourth-order valence-electron chi connectivity index (χ4n) is 3.54. The lowest BCUT2D eigenvalue weighted by atomic mass is 10.0. The standard InChI is InChI=1S/C16H22ClN3O.ClH/c1-10-3-11(2)16(14(17)4-10)19-15(21)9-20-7-12-5-18-6-13(12)8-20;/h3-4,12-13,18H,5-9H2,1-2H3,(H,19,21);1H/t12-,13+;. The molecule has 0 aliphatic carbocycles. The van der Waals surface area contributed by atoms with E-state index in [2.05, 4.69) is 15.5 Å². The third-order valence-corrected chi connectivity index (χ3v) is 4.83. The number of nitrogens with one attached hydrogen (secondary N) is 2. The van der Waals surface area contributed by atoms with E-state index in [0.717, 1.165) is 43.0 Å². The minimum atomic E-state index is 0. The van der Waals surface area contributed by atoms with Gasteiger partial charge in [-0.15, -0.1) is 12.4 Å². The fourth-order valence-corrected chi connectivity index (χ4v) is 3.91. The summed E-state index contributed by atoms with van der Waals surface area (Å²) in [5.74, 6) is 1.45. The van der Waals surface area contributed by atoms with Crippen LogP contribution in [0.5, 0.6) is 0 Å². The molecule has 3 rings (SSSR count). The molecule has 2 atom stereocenters. The van der Waals surface area contributed by atoms with Gasteiger partial charge in [-0.3, -0.25) is 9.69 Å². The molecule has 1 aromatic rings. The van der Waals surface area contributed by atoms with Crippen LogP contribution in [0.1, 0.15) is 11.1 Å². The van der Waals surface area contributed by atoms with E-state index in [1.807, 2.05) is 26.0 Å². The van der Waals surface area contributed by atoms with Gasteiger partial charge in [0.2, 0.25) is 5.91 Å². The third kappa shape index (κ3) is 3.74. The van der Waals surface area contributed by atoms with Crippen molar-refractivity contribution in [2.75, 3.05) is 38.0 Å². The number of amides is 1. The fraction of sp³-hybridized carbons (Fsp3) is 0.562. The maximum atomic E-state index is 12.3. The van der Waals surface area contributed by atoms with E-state index in [-0.39, 0.29) is 18.3 Å². The molecule has 0 unspecified atom stereocenters. The summed E-state index contributed by atoms with van der Waals surface area (Å²) in [4.78, 5) is 14.5. The highest BCUT2D eigenvalue weighted by atomic mass is 35.5. The van der Waals surface area contributed by atoms with E-state index in [9.17, 15) is 4.79 Å². The summed E-state index contributed by atoms with van der Waals surface area (Å²) in [6.45, 7) is 8.65. The molecule has 2 saturated heterocycles. The zero-order valence-corrected chi connectivity index (χ0v) is 14.6. The van der Waals surface area contributed by atoms with Crippen LogP contribution < -0.4 is 10.6 Å². The summed E-state index contributed by atoms with van der Waals surface area (Å²) >= 11 is 6.24. The molecule has 0 aromatic heterocycles. The topological polar surface area (TPSA) is 44.4 Å². The van der Waals surface area contributed by atoms with E-state index < -0.39 is 0 Å². The minimum Gasteiger partial charge on any atom is -0.323 e. The van der Waals surface area contributed by atoms with Crippen molar-refractivity contribution in [3.63, 3.8) is 0 Å².